The summed E-state index contributed by atoms with van der Waals surface area (Å²) in [5.74, 6) is 2.10. The molecule has 1 rings (SSSR count). The Kier molecular flexibility index (Phi) is 12.2. The van der Waals surface area contributed by atoms with Crippen LogP contribution < -0.4 is 8.85 Å². The Morgan fingerprint density at radius 2 is 0.821 bits per heavy atom. The van der Waals surface area contributed by atoms with Crippen LogP contribution in [0.4, 0.5) is 0 Å². The summed E-state index contributed by atoms with van der Waals surface area (Å²) in [7, 11) is -3.42. The van der Waals surface area contributed by atoms with Gasteiger partial charge in [-0.3, -0.25) is 0 Å². The third-order valence-corrected chi connectivity index (χ3v) is 15.5. The second-order valence-corrected chi connectivity index (χ2v) is 16.7. The van der Waals surface area contributed by atoms with Crippen molar-refractivity contribution in [1.82, 2.24) is 0 Å². The molecule has 0 amide bonds. The van der Waals surface area contributed by atoms with Crippen molar-refractivity contribution in [3.63, 3.8) is 0 Å². The monoisotopic (exact) mass is 422 g/mol. The van der Waals surface area contributed by atoms with E-state index in [4.69, 9.17) is 8.85 Å². The first-order chi connectivity index (χ1) is 13.5. The molecule has 0 aliphatic heterocycles. The van der Waals surface area contributed by atoms with Crippen molar-refractivity contribution in [2.24, 2.45) is 0 Å². The highest BCUT2D eigenvalue weighted by Crippen LogP contribution is 2.34. The molecule has 0 unspecified atom stereocenters. The summed E-state index contributed by atoms with van der Waals surface area (Å²) in [4.78, 5) is 0. The topological polar surface area (TPSA) is 18.5 Å². The normalized spacial score (nSPS) is 12.2. The van der Waals surface area contributed by atoms with Crippen LogP contribution in [0.2, 0.25) is 36.3 Å². The molecule has 0 heterocycles. The Bertz CT molecular complexity index is 456. The van der Waals surface area contributed by atoms with E-state index in [1.807, 2.05) is 0 Å². The van der Waals surface area contributed by atoms with Crippen molar-refractivity contribution < 1.29 is 8.85 Å². The molecular formula is C24H46O2Si2. The van der Waals surface area contributed by atoms with E-state index in [0.29, 0.717) is 0 Å². The lowest BCUT2D eigenvalue weighted by Gasteiger charge is -2.33. The minimum Gasteiger partial charge on any atom is -0.543 e. The average molecular weight is 423 g/mol. The summed E-state index contributed by atoms with van der Waals surface area (Å²) >= 11 is 0. The molecule has 162 valence electrons. The standard InChI is InChI=1S/C24H46O2Si2/c1-7-16-27(17-8-2,18-9-3)25-23-14-13-15-24(22-23)26-28(19-10-4,20-11-5)21-12-6/h13-15,22H,7-12,16-21H2,1-6H3. The Hall–Kier alpha value is -0.746. The van der Waals surface area contributed by atoms with E-state index >= 15 is 0 Å². The smallest absolute Gasteiger partial charge is 0.251 e. The SMILES string of the molecule is CCC[Si](CCC)(CCC)Oc1cccc(O[Si](CCC)(CCC)CCC)c1. The zero-order valence-electron chi connectivity index (χ0n) is 19.6. The largest absolute Gasteiger partial charge is 0.543 e. The van der Waals surface area contributed by atoms with Gasteiger partial charge in [0.25, 0.3) is 16.6 Å². The predicted molar refractivity (Wildman–Crippen MR) is 130 cm³/mol. The maximum Gasteiger partial charge on any atom is 0.251 e. The summed E-state index contributed by atoms with van der Waals surface area (Å²) < 4.78 is 13.7. The van der Waals surface area contributed by atoms with Gasteiger partial charge in [-0.05, 0) is 48.4 Å². The zero-order chi connectivity index (χ0) is 20.9. The summed E-state index contributed by atoms with van der Waals surface area (Å²) in [5, 5.41) is 0. The molecule has 28 heavy (non-hydrogen) atoms. The molecule has 0 bridgehead atoms. The molecule has 4 heteroatoms. The van der Waals surface area contributed by atoms with Gasteiger partial charge in [-0.2, -0.15) is 0 Å². The molecule has 0 saturated carbocycles. The van der Waals surface area contributed by atoms with Crippen molar-refractivity contribution in [2.45, 2.75) is 116 Å². The van der Waals surface area contributed by atoms with Gasteiger partial charge in [0.15, 0.2) is 0 Å². The lowest BCUT2D eigenvalue weighted by Crippen LogP contribution is -2.42. The van der Waals surface area contributed by atoms with Crippen LogP contribution in [0.15, 0.2) is 24.3 Å². The Labute approximate surface area is 177 Å². The predicted octanol–water partition coefficient (Wildman–Crippen LogP) is 8.80. The fourth-order valence-corrected chi connectivity index (χ4v) is 13.7. The van der Waals surface area contributed by atoms with E-state index in [0.717, 1.165) is 11.5 Å². The molecule has 1 aromatic rings. The number of hydrogen-bond donors (Lipinski definition) is 0. The highest BCUT2D eigenvalue weighted by atomic mass is 28.4. The molecule has 0 radical (unpaired) electrons. The molecule has 2 nitrogen and oxygen atoms in total. The summed E-state index contributed by atoms with van der Waals surface area (Å²) in [6.07, 6.45) is 7.34. The molecule has 0 spiro atoms. The quantitative estimate of drug-likeness (QED) is 0.248. The molecule has 0 N–H and O–H groups in total. The van der Waals surface area contributed by atoms with Crippen LogP contribution in [0, 0.1) is 0 Å². The Balaban J connectivity index is 3.08. The molecule has 0 fully saturated rings. The van der Waals surface area contributed by atoms with Gasteiger partial charge in [0.05, 0.1) is 0 Å². The molecule has 0 aromatic heterocycles. The molecule has 0 saturated heterocycles. The minimum atomic E-state index is -1.71. The van der Waals surface area contributed by atoms with E-state index in [1.54, 1.807) is 0 Å². The van der Waals surface area contributed by atoms with Crippen LogP contribution in [-0.2, 0) is 0 Å². The molecule has 0 atom stereocenters. The summed E-state index contributed by atoms with van der Waals surface area (Å²) in [6.45, 7) is 13.8. The first-order valence-electron chi connectivity index (χ1n) is 12.0. The summed E-state index contributed by atoms with van der Waals surface area (Å²) in [5.41, 5.74) is 0. The lowest BCUT2D eigenvalue weighted by molar-refractivity contribution is 0.498. The van der Waals surface area contributed by atoms with Crippen LogP contribution in [-0.4, -0.2) is 16.6 Å². The molecule has 1 aromatic carbocycles. The maximum absolute atomic E-state index is 6.83. The van der Waals surface area contributed by atoms with E-state index in [2.05, 4.69) is 65.8 Å². The van der Waals surface area contributed by atoms with Crippen molar-refractivity contribution in [2.75, 3.05) is 0 Å². The van der Waals surface area contributed by atoms with Gasteiger partial charge in [-0.1, -0.05) is 86.1 Å². The first-order valence-corrected chi connectivity index (χ1v) is 17.1. The maximum atomic E-state index is 6.83. The van der Waals surface area contributed by atoms with Crippen molar-refractivity contribution in [3.05, 3.63) is 24.3 Å². The van der Waals surface area contributed by atoms with Crippen molar-refractivity contribution in [3.8, 4) is 11.5 Å². The molecule has 0 aliphatic rings. The van der Waals surface area contributed by atoms with Gasteiger partial charge in [0, 0.05) is 6.07 Å². The third kappa shape index (κ3) is 7.94. The lowest BCUT2D eigenvalue weighted by atomic mass is 10.3. The van der Waals surface area contributed by atoms with Crippen LogP contribution >= 0.6 is 0 Å². The van der Waals surface area contributed by atoms with E-state index in [9.17, 15) is 0 Å². The van der Waals surface area contributed by atoms with Crippen LogP contribution in [0.1, 0.15) is 80.1 Å². The average Bonchev–Trinajstić information content (AvgIpc) is 2.63. The number of hydrogen-bond acceptors (Lipinski definition) is 2. The van der Waals surface area contributed by atoms with Gasteiger partial charge < -0.3 is 8.85 Å². The van der Waals surface area contributed by atoms with Crippen molar-refractivity contribution in [1.29, 1.82) is 0 Å². The zero-order valence-corrected chi connectivity index (χ0v) is 21.6. The fraction of sp³-hybridized carbons (Fsp3) is 0.750. The fourth-order valence-electron chi connectivity index (χ4n) is 4.89. The Morgan fingerprint density at radius 3 is 1.07 bits per heavy atom. The Morgan fingerprint density at radius 1 is 0.536 bits per heavy atom. The van der Waals surface area contributed by atoms with Crippen molar-refractivity contribution >= 4 is 16.6 Å². The summed E-state index contributed by atoms with van der Waals surface area (Å²) in [6, 6.07) is 16.2. The minimum absolute atomic E-state index is 1.05. The van der Waals surface area contributed by atoms with E-state index in [-0.39, 0.29) is 0 Å². The van der Waals surface area contributed by atoms with Crippen LogP contribution in [0.25, 0.3) is 0 Å². The van der Waals surface area contributed by atoms with E-state index < -0.39 is 16.6 Å². The molecule has 0 aliphatic carbocycles. The second-order valence-electron chi connectivity index (χ2n) is 8.55. The first kappa shape index (κ1) is 25.3. The van der Waals surface area contributed by atoms with Gasteiger partial charge in [0.1, 0.15) is 11.5 Å². The van der Waals surface area contributed by atoms with Crippen LogP contribution in [0.5, 0.6) is 11.5 Å². The van der Waals surface area contributed by atoms with Crippen LogP contribution in [0.3, 0.4) is 0 Å². The highest BCUT2D eigenvalue weighted by molar-refractivity contribution is 6.75. The van der Waals surface area contributed by atoms with Gasteiger partial charge in [0.2, 0.25) is 0 Å². The molecular weight excluding hydrogens is 376 g/mol. The second kappa shape index (κ2) is 13.5. The van der Waals surface area contributed by atoms with Gasteiger partial charge in [-0.15, -0.1) is 0 Å². The van der Waals surface area contributed by atoms with Gasteiger partial charge >= 0.3 is 0 Å². The number of rotatable bonds is 16. The highest BCUT2D eigenvalue weighted by Gasteiger charge is 2.36. The van der Waals surface area contributed by atoms with E-state index in [1.165, 1.54) is 74.8 Å². The van der Waals surface area contributed by atoms with Gasteiger partial charge in [-0.25, -0.2) is 0 Å². The third-order valence-electron chi connectivity index (χ3n) is 5.71. The number of benzene rings is 1.